The van der Waals surface area contributed by atoms with E-state index in [1.165, 1.54) is 5.56 Å². The minimum absolute atomic E-state index is 0.170. The molecule has 0 aromatic heterocycles. The third kappa shape index (κ3) is 2.00. The number of hydrogen-bond donors (Lipinski definition) is 1. The van der Waals surface area contributed by atoms with Gasteiger partial charge in [0.2, 0.25) is 0 Å². The fourth-order valence-electron chi connectivity index (χ4n) is 2.26. The fraction of sp³-hybridized carbons (Fsp3) is 0.538. The van der Waals surface area contributed by atoms with E-state index in [0.29, 0.717) is 5.92 Å². The maximum Gasteiger partial charge on any atom is 0.123 e. The lowest BCUT2D eigenvalue weighted by atomic mass is 9.80. The van der Waals surface area contributed by atoms with Crippen molar-refractivity contribution in [2.45, 2.75) is 32.3 Å². The molecule has 2 heteroatoms. The molecule has 0 spiro atoms. The van der Waals surface area contributed by atoms with Crippen LogP contribution in [-0.4, -0.2) is 17.3 Å². The summed E-state index contributed by atoms with van der Waals surface area (Å²) >= 11 is 0. The van der Waals surface area contributed by atoms with Crippen LogP contribution in [-0.2, 0) is 6.42 Å². The summed E-state index contributed by atoms with van der Waals surface area (Å²) < 4.78 is 5.97. The van der Waals surface area contributed by atoms with Crippen LogP contribution in [0.3, 0.4) is 0 Å². The minimum atomic E-state index is -0.170. The van der Waals surface area contributed by atoms with E-state index in [1.54, 1.807) is 0 Å². The molecule has 1 aromatic rings. The van der Waals surface area contributed by atoms with Crippen LogP contribution < -0.4 is 4.74 Å². The van der Waals surface area contributed by atoms with E-state index in [-0.39, 0.29) is 12.2 Å². The molecule has 1 aliphatic heterocycles. The van der Waals surface area contributed by atoms with Crippen LogP contribution >= 0.6 is 0 Å². The van der Waals surface area contributed by atoms with Crippen LogP contribution in [0, 0.1) is 5.92 Å². The Kier molecular flexibility index (Phi) is 2.70. The van der Waals surface area contributed by atoms with Crippen molar-refractivity contribution >= 4 is 0 Å². The summed E-state index contributed by atoms with van der Waals surface area (Å²) in [4.78, 5) is 0. The average Bonchev–Trinajstić information content (AvgIpc) is 2.18. The molecule has 0 bridgehead atoms. The number of hydrogen-bond acceptors (Lipinski definition) is 2. The third-order valence-electron chi connectivity index (χ3n) is 3.27. The molecule has 0 amide bonds. The highest BCUT2D eigenvalue weighted by atomic mass is 16.5. The van der Waals surface area contributed by atoms with Gasteiger partial charge in [0.05, 0.1) is 0 Å². The van der Waals surface area contributed by atoms with E-state index < -0.39 is 0 Å². The molecule has 0 radical (unpaired) electrons. The summed E-state index contributed by atoms with van der Waals surface area (Å²) in [6.45, 7) is 4.44. The van der Waals surface area contributed by atoms with E-state index in [9.17, 15) is 0 Å². The van der Waals surface area contributed by atoms with Crippen LogP contribution in [0.2, 0.25) is 0 Å². The van der Waals surface area contributed by atoms with E-state index in [2.05, 4.69) is 19.9 Å². The normalized spacial score (nSPS) is 23.0. The second kappa shape index (κ2) is 3.86. The standard InChI is InChI=1S/C13H18O2/c1-13(2)11(7-8-14)9-10-5-3-4-6-12(10)15-13/h3-6,11,14H,7-9H2,1-2H3. The predicted octanol–water partition coefficient (Wildman–Crippen LogP) is 2.40. The Hall–Kier alpha value is -1.02. The molecule has 0 fully saturated rings. The first kappa shape index (κ1) is 10.5. The number of ether oxygens (including phenoxy) is 1. The van der Waals surface area contributed by atoms with Gasteiger partial charge >= 0.3 is 0 Å². The molecule has 1 aliphatic rings. The topological polar surface area (TPSA) is 29.5 Å². The van der Waals surface area contributed by atoms with Crippen molar-refractivity contribution in [3.05, 3.63) is 29.8 Å². The van der Waals surface area contributed by atoms with Gasteiger partial charge < -0.3 is 9.84 Å². The van der Waals surface area contributed by atoms with Crippen molar-refractivity contribution in [1.29, 1.82) is 0 Å². The number of aliphatic hydroxyl groups is 1. The SMILES string of the molecule is CC1(C)Oc2ccccc2CC1CCO. The van der Waals surface area contributed by atoms with Gasteiger partial charge in [-0.25, -0.2) is 0 Å². The fourth-order valence-corrected chi connectivity index (χ4v) is 2.26. The number of rotatable bonds is 2. The lowest BCUT2D eigenvalue weighted by Crippen LogP contribution is -2.42. The molecule has 15 heavy (non-hydrogen) atoms. The maximum atomic E-state index is 9.04. The van der Waals surface area contributed by atoms with Crippen molar-refractivity contribution in [3.63, 3.8) is 0 Å². The second-order valence-corrected chi connectivity index (χ2v) is 4.73. The van der Waals surface area contributed by atoms with Crippen LogP contribution in [0.1, 0.15) is 25.8 Å². The highest BCUT2D eigenvalue weighted by molar-refractivity contribution is 5.36. The largest absolute Gasteiger partial charge is 0.487 e. The van der Waals surface area contributed by atoms with E-state index >= 15 is 0 Å². The van der Waals surface area contributed by atoms with Gasteiger partial charge in [-0.3, -0.25) is 0 Å². The zero-order valence-corrected chi connectivity index (χ0v) is 9.36. The molecular weight excluding hydrogens is 188 g/mol. The Bertz CT molecular complexity index is 344. The van der Waals surface area contributed by atoms with Gasteiger partial charge in [-0.1, -0.05) is 18.2 Å². The van der Waals surface area contributed by atoms with Crippen molar-refractivity contribution in [1.82, 2.24) is 0 Å². The van der Waals surface area contributed by atoms with Crippen LogP contribution in [0.25, 0.3) is 0 Å². The van der Waals surface area contributed by atoms with Gasteiger partial charge in [0, 0.05) is 12.5 Å². The maximum absolute atomic E-state index is 9.04. The molecule has 0 saturated carbocycles. The van der Waals surface area contributed by atoms with Gasteiger partial charge in [-0.15, -0.1) is 0 Å². The summed E-state index contributed by atoms with van der Waals surface area (Å²) in [6.07, 6.45) is 1.81. The van der Waals surface area contributed by atoms with Gasteiger partial charge in [0.1, 0.15) is 11.4 Å². The number of fused-ring (bicyclic) bond motifs is 1. The lowest BCUT2D eigenvalue weighted by molar-refractivity contribution is 0.0152. The minimum Gasteiger partial charge on any atom is -0.487 e. The first-order valence-electron chi connectivity index (χ1n) is 5.51. The monoisotopic (exact) mass is 206 g/mol. The van der Waals surface area contributed by atoms with Crippen molar-refractivity contribution in [2.75, 3.05) is 6.61 Å². The van der Waals surface area contributed by atoms with Gasteiger partial charge in [0.15, 0.2) is 0 Å². The molecule has 2 rings (SSSR count). The van der Waals surface area contributed by atoms with E-state index in [1.807, 2.05) is 18.2 Å². The highest BCUT2D eigenvalue weighted by Crippen LogP contribution is 2.37. The second-order valence-electron chi connectivity index (χ2n) is 4.73. The molecule has 2 nitrogen and oxygen atoms in total. The van der Waals surface area contributed by atoms with Crippen LogP contribution in [0.5, 0.6) is 5.75 Å². The highest BCUT2D eigenvalue weighted by Gasteiger charge is 2.35. The molecular formula is C13H18O2. The Morgan fingerprint density at radius 2 is 2.13 bits per heavy atom. The zero-order valence-electron chi connectivity index (χ0n) is 9.36. The third-order valence-corrected chi connectivity index (χ3v) is 3.27. The zero-order chi connectivity index (χ0) is 10.9. The molecule has 1 heterocycles. The van der Waals surface area contributed by atoms with Crippen LogP contribution in [0.15, 0.2) is 24.3 Å². The molecule has 1 N–H and O–H groups in total. The van der Waals surface area contributed by atoms with Gasteiger partial charge in [0.25, 0.3) is 0 Å². The summed E-state index contributed by atoms with van der Waals surface area (Å²) in [5.74, 6) is 1.40. The molecule has 1 atom stereocenters. The van der Waals surface area contributed by atoms with E-state index in [4.69, 9.17) is 9.84 Å². The predicted molar refractivity (Wildman–Crippen MR) is 60.0 cm³/mol. The summed E-state index contributed by atoms with van der Waals surface area (Å²) in [6, 6.07) is 8.17. The van der Waals surface area contributed by atoms with Gasteiger partial charge in [-0.2, -0.15) is 0 Å². The first-order valence-corrected chi connectivity index (χ1v) is 5.51. The Labute approximate surface area is 90.9 Å². The van der Waals surface area contributed by atoms with Crippen molar-refractivity contribution in [3.8, 4) is 5.75 Å². The summed E-state index contributed by atoms with van der Waals surface area (Å²) in [5.41, 5.74) is 1.09. The quantitative estimate of drug-likeness (QED) is 0.805. The van der Waals surface area contributed by atoms with E-state index in [0.717, 1.165) is 18.6 Å². The average molecular weight is 206 g/mol. The van der Waals surface area contributed by atoms with Crippen molar-refractivity contribution < 1.29 is 9.84 Å². The number of aliphatic hydroxyl groups excluding tert-OH is 1. The Morgan fingerprint density at radius 3 is 2.87 bits per heavy atom. The molecule has 1 aromatic carbocycles. The molecule has 0 saturated heterocycles. The van der Waals surface area contributed by atoms with Crippen molar-refractivity contribution in [2.24, 2.45) is 5.92 Å². The summed E-state index contributed by atoms with van der Waals surface area (Å²) in [5, 5.41) is 9.04. The van der Waals surface area contributed by atoms with Crippen LogP contribution in [0.4, 0.5) is 0 Å². The smallest absolute Gasteiger partial charge is 0.123 e. The Morgan fingerprint density at radius 1 is 1.40 bits per heavy atom. The molecule has 1 unspecified atom stereocenters. The molecule has 82 valence electrons. The first-order chi connectivity index (χ1) is 7.13. The lowest BCUT2D eigenvalue weighted by Gasteiger charge is -2.40. The molecule has 0 aliphatic carbocycles. The number of benzene rings is 1. The Balaban J connectivity index is 2.27. The summed E-state index contributed by atoms with van der Waals surface area (Å²) in [7, 11) is 0. The number of para-hydroxylation sites is 1. The van der Waals surface area contributed by atoms with Gasteiger partial charge in [-0.05, 0) is 38.3 Å².